The normalized spacial score (nSPS) is 18.3. The summed E-state index contributed by atoms with van der Waals surface area (Å²) in [6.07, 6.45) is 2.49. The molecule has 1 heterocycles. The maximum Gasteiger partial charge on any atom is 0.229 e. The second-order valence-electron chi connectivity index (χ2n) is 5.12. The maximum atomic E-state index is 11.9. The summed E-state index contributed by atoms with van der Waals surface area (Å²) in [6, 6.07) is 7.56. The standard InChI is InChI=1S/C15H20N2O2/c1-11-6-8-12(9-7-11)13(16)10-17-14(18)4-2-3-5-15(17)19/h6-9,13H,2-5,10,16H2,1H3. The molecule has 1 atom stereocenters. The third-order valence-corrected chi connectivity index (χ3v) is 3.52. The van der Waals surface area contributed by atoms with E-state index in [0.29, 0.717) is 12.8 Å². The summed E-state index contributed by atoms with van der Waals surface area (Å²) in [5.41, 5.74) is 8.22. The summed E-state index contributed by atoms with van der Waals surface area (Å²) in [7, 11) is 0. The van der Waals surface area contributed by atoms with Crippen LogP contribution in [0.4, 0.5) is 0 Å². The molecule has 4 nitrogen and oxygen atoms in total. The molecule has 1 fully saturated rings. The molecule has 1 aromatic rings. The first kappa shape index (κ1) is 13.7. The number of hydrogen-bond donors (Lipinski definition) is 1. The van der Waals surface area contributed by atoms with Crippen LogP contribution in [-0.2, 0) is 9.59 Å². The van der Waals surface area contributed by atoms with E-state index in [1.807, 2.05) is 31.2 Å². The molecular formula is C15H20N2O2. The quantitative estimate of drug-likeness (QED) is 0.844. The fourth-order valence-electron chi connectivity index (χ4n) is 2.28. The summed E-state index contributed by atoms with van der Waals surface area (Å²) < 4.78 is 0. The molecule has 102 valence electrons. The van der Waals surface area contributed by atoms with Crippen LogP contribution < -0.4 is 5.73 Å². The van der Waals surface area contributed by atoms with Crippen molar-refractivity contribution in [3.63, 3.8) is 0 Å². The smallest absolute Gasteiger partial charge is 0.229 e. The monoisotopic (exact) mass is 260 g/mol. The molecule has 1 unspecified atom stereocenters. The van der Waals surface area contributed by atoms with Gasteiger partial charge in [-0.2, -0.15) is 0 Å². The predicted molar refractivity (Wildman–Crippen MR) is 73.3 cm³/mol. The number of benzene rings is 1. The number of imide groups is 1. The minimum Gasteiger partial charge on any atom is -0.322 e. The summed E-state index contributed by atoms with van der Waals surface area (Å²) in [5, 5.41) is 0. The molecule has 1 aromatic carbocycles. The van der Waals surface area contributed by atoms with Crippen LogP contribution in [0.25, 0.3) is 0 Å². The predicted octanol–water partition coefficient (Wildman–Crippen LogP) is 1.92. The van der Waals surface area contributed by atoms with E-state index in [1.54, 1.807) is 0 Å². The van der Waals surface area contributed by atoms with Crippen LogP contribution in [0.2, 0.25) is 0 Å². The Hall–Kier alpha value is -1.68. The van der Waals surface area contributed by atoms with Crippen LogP contribution >= 0.6 is 0 Å². The van der Waals surface area contributed by atoms with Gasteiger partial charge in [0.05, 0.1) is 0 Å². The number of hydrogen-bond acceptors (Lipinski definition) is 3. The number of rotatable bonds is 3. The number of nitrogens with zero attached hydrogens (tertiary/aromatic N) is 1. The highest BCUT2D eigenvalue weighted by Crippen LogP contribution is 2.17. The van der Waals surface area contributed by atoms with Crippen LogP contribution in [0.15, 0.2) is 24.3 Å². The number of aryl methyl sites for hydroxylation is 1. The van der Waals surface area contributed by atoms with E-state index in [1.165, 1.54) is 4.90 Å². The molecule has 0 radical (unpaired) electrons. The molecule has 1 aliphatic heterocycles. The SMILES string of the molecule is Cc1ccc(C(N)CN2C(=O)CCCCC2=O)cc1. The molecule has 4 heteroatoms. The van der Waals surface area contributed by atoms with Gasteiger partial charge in [0, 0.05) is 25.4 Å². The fraction of sp³-hybridized carbons (Fsp3) is 0.467. The average molecular weight is 260 g/mol. The zero-order valence-corrected chi connectivity index (χ0v) is 11.3. The highest BCUT2D eigenvalue weighted by Gasteiger charge is 2.25. The Bertz CT molecular complexity index is 450. The molecule has 19 heavy (non-hydrogen) atoms. The van der Waals surface area contributed by atoms with Crippen molar-refractivity contribution in [3.05, 3.63) is 35.4 Å². The first-order valence-corrected chi connectivity index (χ1v) is 6.73. The van der Waals surface area contributed by atoms with Gasteiger partial charge >= 0.3 is 0 Å². The molecule has 2 rings (SSSR count). The molecule has 0 bridgehead atoms. The Morgan fingerprint density at radius 3 is 2.16 bits per heavy atom. The van der Waals surface area contributed by atoms with Crippen molar-refractivity contribution in [2.24, 2.45) is 5.73 Å². The summed E-state index contributed by atoms with van der Waals surface area (Å²) in [6.45, 7) is 2.29. The van der Waals surface area contributed by atoms with Gasteiger partial charge in [-0.25, -0.2) is 0 Å². The Balaban J connectivity index is 2.08. The number of carbonyl (C=O) groups is 2. The Labute approximate surface area is 113 Å². The fourth-order valence-corrected chi connectivity index (χ4v) is 2.28. The number of amides is 2. The van der Waals surface area contributed by atoms with Gasteiger partial charge in [-0.15, -0.1) is 0 Å². The number of carbonyl (C=O) groups excluding carboxylic acids is 2. The largest absolute Gasteiger partial charge is 0.322 e. The maximum absolute atomic E-state index is 11.9. The van der Waals surface area contributed by atoms with Crippen molar-refractivity contribution >= 4 is 11.8 Å². The summed E-state index contributed by atoms with van der Waals surface area (Å²) in [5.74, 6) is -0.185. The molecular weight excluding hydrogens is 240 g/mol. The van der Waals surface area contributed by atoms with Crippen molar-refractivity contribution in [2.75, 3.05) is 6.54 Å². The van der Waals surface area contributed by atoms with Crippen molar-refractivity contribution in [2.45, 2.75) is 38.6 Å². The first-order valence-electron chi connectivity index (χ1n) is 6.73. The molecule has 2 amide bonds. The van der Waals surface area contributed by atoms with E-state index in [4.69, 9.17) is 5.73 Å². The van der Waals surface area contributed by atoms with Crippen molar-refractivity contribution < 1.29 is 9.59 Å². The molecule has 0 spiro atoms. The van der Waals surface area contributed by atoms with Gasteiger partial charge in [-0.3, -0.25) is 14.5 Å². The highest BCUT2D eigenvalue weighted by molar-refractivity contribution is 5.96. The van der Waals surface area contributed by atoms with Crippen molar-refractivity contribution in [1.29, 1.82) is 0 Å². The number of likely N-dealkylation sites (tertiary alicyclic amines) is 1. The minimum atomic E-state index is -0.313. The topological polar surface area (TPSA) is 63.4 Å². The van der Waals surface area contributed by atoms with E-state index in [0.717, 1.165) is 24.0 Å². The third kappa shape index (κ3) is 3.41. The van der Waals surface area contributed by atoms with Gasteiger partial charge in [0.1, 0.15) is 0 Å². The third-order valence-electron chi connectivity index (χ3n) is 3.52. The van der Waals surface area contributed by atoms with Crippen LogP contribution in [0.5, 0.6) is 0 Å². The van der Waals surface area contributed by atoms with Gasteiger partial charge in [0.15, 0.2) is 0 Å². The second-order valence-corrected chi connectivity index (χ2v) is 5.12. The van der Waals surface area contributed by atoms with Crippen LogP contribution in [0.3, 0.4) is 0 Å². The Kier molecular flexibility index (Phi) is 4.32. The van der Waals surface area contributed by atoms with Crippen LogP contribution in [-0.4, -0.2) is 23.3 Å². The first-order chi connectivity index (χ1) is 9.08. The lowest BCUT2D eigenvalue weighted by atomic mass is 10.1. The Morgan fingerprint density at radius 1 is 1.11 bits per heavy atom. The molecule has 2 N–H and O–H groups in total. The molecule has 1 saturated heterocycles. The van der Waals surface area contributed by atoms with E-state index < -0.39 is 0 Å². The van der Waals surface area contributed by atoms with Crippen molar-refractivity contribution in [1.82, 2.24) is 4.90 Å². The molecule has 0 aliphatic carbocycles. The lowest BCUT2D eigenvalue weighted by molar-refractivity contribution is -0.144. The molecule has 0 saturated carbocycles. The van der Waals surface area contributed by atoms with Gasteiger partial charge in [0.2, 0.25) is 11.8 Å². The van der Waals surface area contributed by atoms with Crippen molar-refractivity contribution in [3.8, 4) is 0 Å². The lowest BCUT2D eigenvalue weighted by Gasteiger charge is -2.23. The van der Waals surface area contributed by atoms with E-state index >= 15 is 0 Å². The van der Waals surface area contributed by atoms with Gasteiger partial charge < -0.3 is 5.73 Å². The number of nitrogens with two attached hydrogens (primary N) is 1. The second kappa shape index (κ2) is 5.97. The van der Waals surface area contributed by atoms with E-state index in [9.17, 15) is 9.59 Å². The van der Waals surface area contributed by atoms with E-state index in [2.05, 4.69) is 0 Å². The van der Waals surface area contributed by atoms with Gasteiger partial charge in [0.25, 0.3) is 0 Å². The minimum absolute atomic E-state index is 0.0925. The van der Waals surface area contributed by atoms with E-state index in [-0.39, 0.29) is 24.4 Å². The van der Waals surface area contributed by atoms with Crippen LogP contribution in [0, 0.1) is 6.92 Å². The molecule has 1 aliphatic rings. The van der Waals surface area contributed by atoms with Crippen LogP contribution in [0.1, 0.15) is 42.9 Å². The Morgan fingerprint density at radius 2 is 1.63 bits per heavy atom. The summed E-state index contributed by atoms with van der Waals surface area (Å²) >= 11 is 0. The van der Waals surface area contributed by atoms with Gasteiger partial charge in [-0.05, 0) is 25.3 Å². The zero-order valence-electron chi connectivity index (χ0n) is 11.3. The van der Waals surface area contributed by atoms with Gasteiger partial charge in [-0.1, -0.05) is 29.8 Å². The summed E-state index contributed by atoms with van der Waals surface area (Å²) in [4.78, 5) is 25.1. The highest BCUT2D eigenvalue weighted by atomic mass is 16.2. The average Bonchev–Trinajstić information content (AvgIpc) is 2.54. The lowest BCUT2D eigenvalue weighted by Crippen LogP contribution is -2.40. The molecule has 0 aromatic heterocycles. The zero-order chi connectivity index (χ0) is 13.8.